The summed E-state index contributed by atoms with van der Waals surface area (Å²) in [5.74, 6) is -1.69. The lowest BCUT2D eigenvalue weighted by molar-refractivity contribution is -0.157. The van der Waals surface area contributed by atoms with Crippen LogP contribution in [0.3, 0.4) is 0 Å². The Kier molecular flexibility index (Phi) is 4.04. The van der Waals surface area contributed by atoms with Gasteiger partial charge in [-0.05, 0) is 37.0 Å². The van der Waals surface area contributed by atoms with Crippen molar-refractivity contribution in [1.82, 2.24) is 0 Å². The van der Waals surface area contributed by atoms with E-state index in [0.29, 0.717) is 22.9 Å². The van der Waals surface area contributed by atoms with Gasteiger partial charge in [-0.25, -0.2) is 4.39 Å². The van der Waals surface area contributed by atoms with Crippen molar-refractivity contribution >= 4 is 27.7 Å². The van der Waals surface area contributed by atoms with E-state index in [1.165, 1.54) is 18.2 Å². The summed E-state index contributed by atoms with van der Waals surface area (Å²) in [6.45, 7) is 0. The van der Waals surface area contributed by atoms with Crippen molar-refractivity contribution in [3.8, 4) is 0 Å². The van der Waals surface area contributed by atoms with Gasteiger partial charge >= 0.3 is 5.97 Å². The third kappa shape index (κ3) is 2.71. The highest BCUT2D eigenvalue weighted by atomic mass is 79.9. The number of aliphatic carboxylic acids is 1. The summed E-state index contributed by atoms with van der Waals surface area (Å²) < 4.78 is 13.5. The van der Waals surface area contributed by atoms with Crippen LogP contribution in [-0.4, -0.2) is 16.9 Å². The van der Waals surface area contributed by atoms with E-state index in [0.717, 1.165) is 12.8 Å². The average Bonchev–Trinajstić information content (AvgIpc) is 2.35. The fraction of sp³-hybridized carbons (Fsp3) is 0.429. The molecule has 1 N–H and O–H groups in total. The maximum atomic E-state index is 13.0. The number of carboxylic acid groups (broad SMARTS) is 1. The minimum atomic E-state index is -1.35. The van der Waals surface area contributed by atoms with Crippen LogP contribution >= 0.6 is 15.9 Å². The number of rotatable bonds is 3. The van der Waals surface area contributed by atoms with Gasteiger partial charge in [-0.3, -0.25) is 9.59 Å². The lowest BCUT2D eigenvalue weighted by Gasteiger charge is -2.32. The van der Waals surface area contributed by atoms with Gasteiger partial charge in [0.1, 0.15) is 11.2 Å². The van der Waals surface area contributed by atoms with Gasteiger partial charge in [0.2, 0.25) is 0 Å². The maximum Gasteiger partial charge on any atom is 0.317 e. The molecule has 0 aliphatic heterocycles. The summed E-state index contributed by atoms with van der Waals surface area (Å²) in [4.78, 5) is 23.6. The molecule has 1 fully saturated rings. The number of hydrogen-bond acceptors (Lipinski definition) is 2. The summed E-state index contributed by atoms with van der Waals surface area (Å²) in [6, 6.07) is 4.10. The molecule has 0 radical (unpaired) electrons. The van der Waals surface area contributed by atoms with E-state index in [4.69, 9.17) is 0 Å². The fourth-order valence-corrected chi connectivity index (χ4v) is 3.06. The standard InChI is InChI=1S/C14H14BrFO3/c15-11-7-10(16)5-4-9(11)8-14(13(18)19)6-2-1-3-12(14)17/h4-5,7H,1-3,6,8H2,(H,18,19). The number of carbonyl (C=O) groups excluding carboxylic acids is 1. The first kappa shape index (κ1) is 14.2. The summed E-state index contributed by atoms with van der Waals surface area (Å²) in [5, 5.41) is 9.46. The minimum Gasteiger partial charge on any atom is -0.480 e. The third-order valence-electron chi connectivity index (χ3n) is 3.71. The molecule has 1 aliphatic rings. The predicted octanol–water partition coefficient (Wildman–Crippen LogP) is 3.34. The molecule has 2 rings (SSSR count). The molecule has 0 aromatic heterocycles. The van der Waals surface area contributed by atoms with Gasteiger partial charge in [0.15, 0.2) is 5.78 Å². The molecule has 0 bridgehead atoms. The first-order valence-electron chi connectivity index (χ1n) is 6.16. The van der Waals surface area contributed by atoms with Crippen molar-refractivity contribution in [3.05, 3.63) is 34.1 Å². The number of hydrogen-bond donors (Lipinski definition) is 1. The van der Waals surface area contributed by atoms with Crippen LogP contribution in [0.2, 0.25) is 0 Å². The van der Waals surface area contributed by atoms with E-state index >= 15 is 0 Å². The predicted molar refractivity (Wildman–Crippen MR) is 71.3 cm³/mol. The van der Waals surface area contributed by atoms with E-state index in [1.54, 1.807) is 0 Å². The number of carboxylic acids is 1. The number of Topliss-reactive ketones (excluding diaryl/α,β-unsaturated/α-hetero) is 1. The molecule has 102 valence electrons. The highest BCUT2D eigenvalue weighted by Crippen LogP contribution is 2.38. The third-order valence-corrected chi connectivity index (χ3v) is 4.45. The quantitative estimate of drug-likeness (QED) is 0.866. The van der Waals surface area contributed by atoms with Gasteiger partial charge in [-0.1, -0.05) is 28.4 Å². The van der Waals surface area contributed by atoms with Crippen LogP contribution in [0.15, 0.2) is 22.7 Å². The van der Waals surface area contributed by atoms with Crippen molar-refractivity contribution in [3.63, 3.8) is 0 Å². The number of benzene rings is 1. The van der Waals surface area contributed by atoms with Crippen LogP contribution in [0.1, 0.15) is 31.2 Å². The second kappa shape index (κ2) is 5.41. The van der Waals surface area contributed by atoms with E-state index in [1.807, 2.05) is 0 Å². The molecule has 3 nitrogen and oxygen atoms in total. The van der Waals surface area contributed by atoms with Crippen molar-refractivity contribution in [2.75, 3.05) is 0 Å². The molecule has 1 aliphatic carbocycles. The topological polar surface area (TPSA) is 54.4 Å². The van der Waals surface area contributed by atoms with Crippen molar-refractivity contribution < 1.29 is 19.1 Å². The Morgan fingerprint density at radius 3 is 2.74 bits per heavy atom. The summed E-state index contributed by atoms with van der Waals surface area (Å²) in [6.07, 6.45) is 2.26. The zero-order chi connectivity index (χ0) is 14.0. The Balaban J connectivity index is 2.36. The highest BCUT2D eigenvalue weighted by molar-refractivity contribution is 9.10. The minimum absolute atomic E-state index is 0.113. The maximum absolute atomic E-state index is 13.0. The largest absolute Gasteiger partial charge is 0.480 e. The van der Waals surface area contributed by atoms with Crippen LogP contribution in [0, 0.1) is 11.2 Å². The summed E-state index contributed by atoms with van der Waals surface area (Å²) in [7, 11) is 0. The average molecular weight is 329 g/mol. The Morgan fingerprint density at radius 2 is 2.16 bits per heavy atom. The molecule has 0 amide bonds. The normalized spacial score (nSPS) is 23.4. The van der Waals surface area contributed by atoms with Gasteiger partial charge in [-0.2, -0.15) is 0 Å². The van der Waals surface area contributed by atoms with Gasteiger partial charge in [0.25, 0.3) is 0 Å². The molecule has 0 heterocycles. The molecule has 1 atom stereocenters. The molecular weight excluding hydrogens is 315 g/mol. The van der Waals surface area contributed by atoms with E-state index in [2.05, 4.69) is 15.9 Å². The van der Waals surface area contributed by atoms with E-state index < -0.39 is 17.2 Å². The zero-order valence-electron chi connectivity index (χ0n) is 10.3. The Morgan fingerprint density at radius 1 is 1.42 bits per heavy atom. The smallest absolute Gasteiger partial charge is 0.317 e. The van der Waals surface area contributed by atoms with Crippen LogP contribution in [0.5, 0.6) is 0 Å². The summed E-state index contributed by atoms with van der Waals surface area (Å²) >= 11 is 3.22. The molecule has 1 aromatic carbocycles. The van der Waals surface area contributed by atoms with E-state index in [9.17, 15) is 19.1 Å². The van der Waals surface area contributed by atoms with Gasteiger partial charge in [-0.15, -0.1) is 0 Å². The zero-order valence-corrected chi connectivity index (χ0v) is 11.9. The number of carbonyl (C=O) groups is 2. The van der Waals surface area contributed by atoms with Crippen LogP contribution in [0.25, 0.3) is 0 Å². The van der Waals surface area contributed by atoms with Crippen molar-refractivity contribution in [2.24, 2.45) is 5.41 Å². The van der Waals surface area contributed by atoms with Crippen LogP contribution < -0.4 is 0 Å². The Hall–Kier alpha value is -1.23. The fourth-order valence-electron chi connectivity index (χ4n) is 2.57. The SMILES string of the molecule is O=C(O)C1(Cc2ccc(F)cc2Br)CCCCC1=O. The number of ketones is 1. The lowest BCUT2D eigenvalue weighted by Crippen LogP contribution is -2.43. The molecule has 0 saturated heterocycles. The lowest BCUT2D eigenvalue weighted by atomic mass is 9.69. The molecular formula is C14H14BrFO3. The first-order valence-corrected chi connectivity index (χ1v) is 6.96. The second-order valence-corrected chi connectivity index (χ2v) is 5.78. The molecule has 1 unspecified atom stereocenters. The van der Waals surface area contributed by atoms with Crippen molar-refractivity contribution in [2.45, 2.75) is 32.1 Å². The van der Waals surface area contributed by atoms with E-state index in [-0.39, 0.29) is 12.2 Å². The van der Waals surface area contributed by atoms with Crippen LogP contribution in [0.4, 0.5) is 4.39 Å². The van der Waals surface area contributed by atoms with Gasteiger partial charge < -0.3 is 5.11 Å². The Labute approximate surface area is 118 Å². The first-order chi connectivity index (χ1) is 8.95. The number of halogens is 2. The molecule has 5 heteroatoms. The molecule has 1 saturated carbocycles. The van der Waals surface area contributed by atoms with Gasteiger partial charge in [0.05, 0.1) is 0 Å². The summed E-state index contributed by atoms with van der Waals surface area (Å²) in [5.41, 5.74) is -0.697. The molecule has 1 aromatic rings. The highest BCUT2D eigenvalue weighted by Gasteiger charge is 2.46. The second-order valence-electron chi connectivity index (χ2n) is 4.93. The molecule has 19 heavy (non-hydrogen) atoms. The van der Waals surface area contributed by atoms with Crippen LogP contribution in [-0.2, 0) is 16.0 Å². The van der Waals surface area contributed by atoms with Crippen molar-refractivity contribution in [1.29, 1.82) is 0 Å². The monoisotopic (exact) mass is 328 g/mol. The Bertz CT molecular complexity index is 529. The van der Waals surface area contributed by atoms with Gasteiger partial charge in [0, 0.05) is 10.9 Å². The molecule has 0 spiro atoms.